The number of unbranched alkanes of at least 4 members (excludes halogenated alkanes) is 4. The molecule has 0 saturated heterocycles. The zero-order valence-corrected chi connectivity index (χ0v) is 20.8. The average Bonchev–Trinajstić information content (AvgIpc) is 3.35. The molecule has 1 amide bonds. The Morgan fingerprint density at radius 1 is 1.21 bits per heavy atom. The minimum atomic E-state index is -0.291. The van der Waals surface area contributed by atoms with Crippen LogP contribution in [-0.2, 0) is 17.8 Å². The number of rotatable bonds is 13. The van der Waals surface area contributed by atoms with E-state index in [1.165, 1.54) is 60.9 Å². The van der Waals surface area contributed by atoms with Gasteiger partial charge in [-0.05, 0) is 37.6 Å². The minimum Gasteiger partial charge on any atom is -0.302 e. The molecule has 0 fully saturated rings. The lowest BCUT2D eigenvalue weighted by atomic mass is 10.1. The van der Waals surface area contributed by atoms with E-state index in [4.69, 9.17) is 0 Å². The van der Waals surface area contributed by atoms with Crippen LogP contribution in [0.5, 0.6) is 0 Å². The van der Waals surface area contributed by atoms with Crippen molar-refractivity contribution in [2.75, 3.05) is 11.1 Å². The molecule has 0 aliphatic rings. The Labute approximate surface area is 202 Å². The predicted octanol–water partition coefficient (Wildman–Crippen LogP) is 6.28. The topological polar surface area (TPSA) is 72.7 Å². The van der Waals surface area contributed by atoms with Gasteiger partial charge in [0.2, 0.25) is 5.91 Å². The molecular weight excluding hydrogens is 457 g/mol. The number of amides is 1. The average molecular weight is 488 g/mol. The first kappa shape index (κ1) is 25.1. The van der Waals surface area contributed by atoms with Crippen LogP contribution in [0.2, 0.25) is 0 Å². The number of carbonyl (C=O) groups excluding carboxylic acids is 1. The molecule has 6 nitrogen and oxygen atoms in total. The highest BCUT2D eigenvalue weighted by atomic mass is 32.2. The van der Waals surface area contributed by atoms with Gasteiger partial charge in [0.15, 0.2) is 10.3 Å². The van der Waals surface area contributed by atoms with Gasteiger partial charge in [0.05, 0.1) is 11.4 Å². The van der Waals surface area contributed by atoms with E-state index in [1.807, 2.05) is 17.6 Å². The lowest BCUT2D eigenvalue weighted by Gasteiger charge is -2.07. The molecule has 0 saturated carbocycles. The largest absolute Gasteiger partial charge is 0.302 e. The molecule has 0 atom stereocenters. The Morgan fingerprint density at radius 3 is 2.70 bits per heavy atom. The molecule has 9 heteroatoms. The Kier molecular flexibility index (Phi) is 9.62. The molecule has 1 aromatic carbocycles. The lowest BCUT2D eigenvalue weighted by Crippen LogP contribution is -2.14. The van der Waals surface area contributed by atoms with Crippen molar-refractivity contribution in [3.8, 4) is 11.3 Å². The summed E-state index contributed by atoms with van der Waals surface area (Å²) in [6.45, 7) is 8.60. The zero-order valence-electron chi connectivity index (χ0n) is 19.1. The molecule has 2 heterocycles. The molecule has 0 unspecified atom stereocenters. The number of hydrogen-bond donors (Lipinski definition) is 1. The predicted molar refractivity (Wildman–Crippen MR) is 134 cm³/mol. The van der Waals surface area contributed by atoms with Crippen molar-refractivity contribution in [3.63, 3.8) is 0 Å². The van der Waals surface area contributed by atoms with Crippen LogP contribution >= 0.6 is 23.1 Å². The third-order valence-electron chi connectivity index (χ3n) is 5.10. The Morgan fingerprint density at radius 2 is 1.97 bits per heavy atom. The Bertz CT molecular complexity index is 1060. The normalized spacial score (nSPS) is 11.0. The van der Waals surface area contributed by atoms with Gasteiger partial charge in [-0.15, -0.1) is 28.1 Å². The summed E-state index contributed by atoms with van der Waals surface area (Å²) in [6, 6.07) is 6.18. The quantitative estimate of drug-likeness (QED) is 0.175. The number of nitrogens with zero attached hydrogens (tertiary/aromatic N) is 4. The van der Waals surface area contributed by atoms with Gasteiger partial charge in [0, 0.05) is 23.4 Å². The number of aromatic nitrogens is 4. The van der Waals surface area contributed by atoms with Gasteiger partial charge >= 0.3 is 0 Å². The second kappa shape index (κ2) is 12.6. The number of thioether (sulfide) groups is 1. The number of halogens is 1. The summed E-state index contributed by atoms with van der Waals surface area (Å²) in [5.41, 5.74) is 1.57. The molecule has 0 radical (unpaired) electrons. The number of anilines is 1. The number of hydrogen-bond acceptors (Lipinski definition) is 6. The molecule has 3 aromatic rings. The van der Waals surface area contributed by atoms with Gasteiger partial charge in [-0.2, -0.15) is 0 Å². The summed E-state index contributed by atoms with van der Waals surface area (Å²) in [5, 5.41) is 12.7. The second-order valence-corrected chi connectivity index (χ2v) is 9.88. The van der Waals surface area contributed by atoms with Crippen molar-refractivity contribution < 1.29 is 9.18 Å². The summed E-state index contributed by atoms with van der Waals surface area (Å²) < 4.78 is 15.2. The van der Waals surface area contributed by atoms with Gasteiger partial charge in [-0.3, -0.25) is 4.79 Å². The minimum absolute atomic E-state index is 0.159. The van der Waals surface area contributed by atoms with Crippen LogP contribution in [0, 0.1) is 12.7 Å². The van der Waals surface area contributed by atoms with Crippen molar-refractivity contribution >= 4 is 34.1 Å². The number of allylic oxidation sites excluding steroid dienone is 1. The van der Waals surface area contributed by atoms with E-state index in [0.29, 0.717) is 11.7 Å². The van der Waals surface area contributed by atoms with Crippen LogP contribution in [-0.4, -0.2) is 31.4 Å². The van der Waals surface area contributed by atoms with E-state index in [2.05, 4.69) is 34.0 Å². The maximum atomic E-state index is 13.2. The summed E-state index contributed by atoms with van der Waals surface area (Å²) in [7, 11) is 0. The monoisotopic (exact) mass is 487 g/mol. The molecule has 0 bridgehead atoms. The van der Waals surface area contributed by atoms with E-state index in [0.717, 1.165) is 40.0 Å². The van der Waals surface area contributed by atoms with Crippen LogP contribution in [0.1, 0.15) is 49.7 Å². The smallest absolute Gasteiger partial charge is 0.236 e. The number of thiazole rings is 1. The van der Waals surface area contributed by atoms with Gasteiger partial charge in [-0.25, -0.2) is 9.37 Å². The van der Waals surface area contributed by atoms with Crippen molar-refractivity contribution in [3.05, 3.63) is 53.4 Å². The third-order valence-corrected chi connectivity index (χ3v) is 6.96. The molecule has 0 aliphatic carbocycles. The number of nitrogens with one attached hydrogen (secondary N) is 1. The van der Waals surface area contributed by atoms with E-state index in [9.17, 15) is 9.18 Å². The number of aryl methyl sites for hydroxylation is 2. The molecule has 1 N–H and O–H groups in total. The standard InChI is InChI=1S/C24H30FN5OS2/c1-4-6-7-8-9-10-20-28-29-24(30(20)15-5-2)32-16-21(31)26-23-27-22(17(3)33-23)18-11-13-19(25)14-12-18/h5,11-14H,2,4,6-10,15-16H2,1,3H3,(H,26,27,31). The van der Waals surface area contributed by atoms with Crippen LogP contribution in [0.25, 0.3) is 11.3 Å². The van der Waals surface area contributed by atoms with E-state index < -0.39 is 0 Å². The van der Waals surface area contributed by atoms with E-state index in [1.54, 1.807) is 12.1 Å². The summed E-state index contributed by atoms with van der Waals surface area (Å²) >= 11 is 2.76. The summed E-state index contributed by atoms with van der Waals surface area (Å²) in [5.74, 6) is 0.694. The Hall–Kier alpha value is -2.52. The second-order valence-electron chi connectivity index (χ2n) is 7.73. The fourth-order valence-electron chi connectivity index (χ4n) is 3.42. The highest BCUT2D eigenvalue weighted by molar-refractivity contribution is 7.99. The highest BCUT2D eigenvalue weighted by Crippen LogP contribution is 2.30. The first-order valence-corrected chi connectivity index (χ1v) is 13.0. The molecule has 3 rings (SSSR count). The number of benzene rings is 1. The molecule has 2 aromatic heterocycles. The van der Waals surface area contributed by atoms with Crippen molar-refractivity contribution in [2.45, 2.75) is 64.1 Å². The van der Waals surface area contributed by atoms with Crippen molar-refractivity contribution in [1.82, 2.24) is 19.7 Å². The summed E-state index contributed by atoms with van der Waals surface area (Å²) in [4.78, 5) is 18.0. The van der Waals surface area contributed by atoms with Gasteiger partial charge in [0.25, 0.3) is 0 Å². The molecule has 176 valence electrons. The van der Waals surface area contributed by atoms with Gasteiger partial charge < -0.3 is 9.88 Å². The van der Waals surface area contributed by atoms with Gasteiger partial charge in [-0.1, -0.05) is 50.4 Å². The molecule has 0 spiro atoms. The van der Waals surface area contributed by atoms with E-state index >= 15 is 0 Å². The third kappa shape index (κ3) is 7.23. The Balaban J connectivity index is 1.57. The van der Waals surface area contributed by atoms with E-state index in [-0.39, 0.29) is 17.5 Å². The molecular formula is C24H30FN5OS2. The number of carbonyl (C=O) groups is 1. The van der Waals surface area contributed by atoms with Crippen LogP contribution in [0.15, 0.2) is 42.1 Å². The first-order valence-electron chi connectivity index (χ1n) is 11.2. The fraction of sp³-hybridized carbons (Fsp3) is 0.417. The molecule has 0 aliphatic heterocycles. The van der Waals surface area contributed by atoms with Gasteiger partial charge in [0.1, 0.15) is 11.6 Å². The van der Waals surface area contributed by atoms with Crippen LogP contribution in [0.4, 0.5) is 9.52 Å². The van der Waals surface area contributed by atoms with Crippen LogP contribution in [0.3, 0.4) is 0 Å². The maximum Gasteiger partial charge on any atom is 0.236 e. The lowest BCUT2D eigenvalue weighted by molar-refractivity contribution is -0.113. The SMILES string of the molecule is C=CCn1c(CCCCCCC)nnc1SCC(=O)Nc1nc(-c2ccc(F)cc2)c(C)s1. The maximum absolute atomic E-state index is 13.2. The van der Waals surface area contributed by atoms with Crippen molar-refractivity contribution in [2.24, 2.45) is 0 Å². The highest BCUT2D eigenvalue weighted by Gasteiger charge is 2.16. The fourth-order valence-corrected chi connectivity index (χ4v) is 5.04. The zero-order chi connectivity index (χ0) is 23.6. The molecule has 33 heavy (non-hydrogen) atoms. The summed E-state index contributed by atoms with van der Waals surface area (Å²) in [6.07, 6.45) is 8.70. The van der Waals surface area contributed by atoms with Crippen molar-refractivity contribution in [1.29, 1.82) is 0 Å². The first-order chi connectivity index (χ1) is 16.0. The van der Waals surface area contributed by atoms with Crippen LogP contribution < -0.4 is 5.32 Å².